The summed E-state index contributed by atoms with van der Waals surface area (Å²) in [5.41, 5.74) is 1.06. The number of nitrogens with one attached hydrogen (secondary N) is 1. The van der Waals surface area contributed by atoms with Crippen molar-refractivity contribution in [2.24, 2.45) is 0 Å². The predicted octanol–water partition coefficient (Wildman–Crippen LogP) is 3.79. The minimum atomic E-state index is -0.625. The van der Waals surface area contributed by atoms with Gasteiger partial charge in [-0.15, -0.1) is 0 Å². The van der Waals surface area contributed by atoms with Crippen molar-refractivity contribution in [3.05, 3.63) is 70.8 Å². The van der Waals surface area contributed by atoms with Crippen molar-refractivity contribution in [3.63, 3.8) is 0 Å². The standard InChI is InChI=1S/C20H21N3O3/c1-20(2,3)26-19(25)22-16-11-7-10-15-17(16)18(24)23(13-21-15)12-14-8-5-4-6-9-14/h4-11,13H,12H2,1-3H3,(H,22,25). The predicted molar refractivity (Wildman–Crippen MR) is 101 cm³/mol. The molecule has 134 valence electrons. The van der Waals surface area contributed by atoms with Gasteiger partial charge < -0.3 is 4.74 Å². The van der Waals surface area contributed by atoms with Crippen LogP contribution in [0, 0.1) is 0 Å². The maximum atomic E-state index is 13.0. The molecule has 6 heteroatoms. The van der Waals surface area contributed by atoms with Crippen LogP contribution >= 0.6 is 0 Å². The van der Waals surface area contributed by atoms with E-state index < -0.39 is 11.7 Å². The molecule has 0 aliphatic heterocycles. The number of nitrogens with zero attached hydrogens (tertiary/aromatic N) is 2. The first-order valence-electron chi connectivity index (χ1n) is 8.35. The van der Waals surface area contributed by atoms with Gasteiger partial charge >= 0.3 is 6.09 Å². The molecule has 0 aliphatic rings. The molecule has 3 rings (SSSR count). The van der Waals surface area contributed by atoms with E-state index in [9.17, 15) is 9.59 Å². The highest BCUT2D eigenvalue weighted by molar-refractivity contribution is 5.98. The molecule has 0 unspecified atom stereocenters. The van der Waals surface area contributed by atoms with Crippen LogP contribution in [0.25, 0.3) is 10.9 Å². The average Bonchev–Trinajstić information content (AvgIpc) is 2.57. The first kappa shape index (κ1) is 17.7. The molecule has 3 aromatic rings. The molecule has 6 nitrogen and oxygen atoms in total. The van der Waals surface area contributed by atoms with Gasteiger partial charge in [0.1, 0.15) is 5.60 Å². The summed E-state index contributed by atoms with van der Waals surface area (Å²) in [4.78, 5) is 29.4. The molecular formula is C20H21N3O3. The molecule has 1 aromatic heterocycles. The van der Waals surface area contributed by atoms with Crippen LogP contribution in [0.5, 0.6) is 0 Å². The van der Waals surface area contributed by atoms with Gasteiger partial charge in [0.2, 0.25) is 0 Å². The number of ether oxygens (including phenoxy) is 1. The number of carbonyl (C=O) groups is 1. The van der Waals surface area contributed by atoms with Crippen molar-refractivity contribution in [2.45, 2.75) is 32.9 Å². The highest BCUT2D eigenvalue weighted by atomic mass is 16.6. The molecule has 26 heavy (non-hydrogen) atoms. The van der Waals surface area contributed by atoms with Gasteiger partial charge in [-0.3, -0.25) is 14.7 Å². The molecular weight excluding hydrogens is 330 g/mol. The van der Waals surface area contributed by atoms with E-state index in [0.717, 1.165) is 5.56 Å². The first-order chi connectivity index (χ1) is 12.3. The first-order valence-corrected chi connectivity index (χ1v) is 8.35. The highest BCUT2D eigenvalue weighted by Crippen LogP contribution is 2.19. The fourth-order valence-electron chi connectivity index (χ4n) is 2.61. The van der Waals surface area contributed by atoms with Gasteiger partial charge in [0.15, 0.2) is 0 Å². The molecule has 0 saturated carbocycles. The van der Waals surface area contributed by atoms with Crippen molar-refractivity contribution in [2.75, 3.05) is 5.32 Å². The van der Waals surface area contributed by atoms with Crippen molar-refractivity contribution in [3.8, 4) is 0 Å². The zero-order valence-corrected chi connectivity index (χ0v) is 15.0. The molecule has 2 aromatic carbocycles. The molecule has 1 amide bonds. The Balaban J connectivity index is 1.98. The Labute approximate surface area is 151 Å². The smallest absolute Gasteiger partial charge is 0.412 e. The number of amides is 1. The number of benzene rings is 2. The van der Waals surface area contributed by atoms with E-state index in [1.807, 2.05) is 30.3 Å². The SMILES string of the molecule is CC(C)(C)OC(=O)Nc1cccc2ncn(Cc3ccccc3)c(=O)c12. The Bertz CT molecular complexity index is 989. The Morgan fingerprint density at radius 2 is 1.85 bits per heavy atom. The van der Waals surface area contributed by atoms with Gasteiger partial charge in [0.05, 0.1) is 29.5 Å². The van der Waals surface area contributed by atoms with E-state index in [-0.39, 0.29) is 5.56 Å². The number of fused-ring (bicyclic) bond motifs is 1. The van der Waals surface area contributed by atoms with E-state index in [1.165, 1.54) is 10.9 Å². The van der Waals surface area contributed by atoms with Gasteiger partial charge in [-0.1, -0.05) is 36.4 Å². The zero-order chi connectivity index (χ0) is 18.7. The molecule has 0 atom stereocenters. The summed E-state index contributed by atoms with van der Waals surface area (Å²) in [6.45, 7) is 5.75. The number of aromatic nitrogens is 2. The largest absolute Gasteiger partial charge is 0.444 e. The number of hydrogen-bond acceptors (Lipinski definition) is 4. The van der Waals surface area contributed by atoms with Crippen LogP contribution in [0.2, 0.25) is 0 Å². The third-order valence-corrected chi connectivity index (χ3v) is 3.68. The molecule has 1 heterocycles. The van der Waals surface area contributed by atoms with E-state index in [2.05, 4.69) is 10.3 Å². The van der Waals surface area contributed by atoms with Gasteiger partial charge in [0.25, 0.3) is 5.56 Å². The molecule has 0 radical (unpaired) electrons. The fourth-order valence-corrected chi connectivity index (χ4v) is 2.61. The fraction of sp³-hybridized carbons (Fsp3) is 0.250. The van der Waals surface area contributed by atoms with E-state index >= 15 is 0 Å². The number of hydrogen-bond donors (Lipinski definition) is 1. The highest BCUT2D eigenvalue weighted by Gasteiger charge is 2.18. The van der Waals surface area contributed by atoms with Crippen LogP contribution < -0.4 is 10.9 Å². The van der Waals surface area contributed by atoms with Gasteiger partial charge in [-0.25, -0.2) is 9.78 Å². The van der Waals surface area contributed by atoms with Crippen LogP contribution in [-0.2, 0) is 11.3 Å². The van der Waals surface area contributed by atoms with Crippen LogP contribution in [0.15, 0.2) is 59.7 Å². The van der Waals surface area contributed by atoms with Gasteiger partial charge in [-0.2, -0.15) is 0 Å². The van der Waals surface area contributed by atoms with Crippen LogP contribution in [-0.4, -0.2) is 21.2 Å². The number of anilines is 1. The number of rotatable bonds is 3. The molecule has 0 aliphatic carbocycles. The normalized spacial score (nSPS) is 11.3. The summed E-state index contributed by atoms with van der Waals surface area (Å²) in [6, 6.07) is 14.8. The Morgan fingerprint density at radius 3 is 2.54 bits per heavy atom. The maximum absolute atomic E-state index is 13.0. The van der Waals surface area contributed by atoms with Crippen LogP contribution in [0.3, 0.4) is 0 Å². The van der Waals surface area contributed by atoms with Crippen molar-refractivity contribution in [1.29, 1.82) is 0 Å². The minimum absolute atomic E-state index is 0.217. The third kappa shape index (κ3) is 4.08. The lowest BCUT2D eigenvalue weighted by Crippen LogP contribution is -2.28. The van der Waals surface area contributed by atoms with E-state index in [1.54, 1.807) is 39.0 Å². The number of carbonyl (C=O) groups excluding carboxylic acids is 1. The Morgan fingerprint density at radius 1 is 1.12 bits per heavy atom. The van der Waals surface area contributed by atoms with Crippen LogP contribution in [0.4, 0.5) is 10.5 Å². The average molecular weight is 351 g/mol. The summed E-state index contributed by atoms with van der Waals surface area (Å²) >= 11 is 0. The summed E-state index contributed by atoms with van der Waals surface area (Å²) in [5, 5.41) is 3.02. The topological polar surface area (TPSA) is 73.2 Å². The second-order valence-corrected chi connectivity index (χ2v) is 6.99. The Hall–Kier alpha value is -3.15. The van der Waals surface area contributed by atoms with Gasteiger partial charge in [-0.05, 0) is 38.5 Å². The summed E-state index contributed by atoms with van der Waals surface area (Å²) in [5.74, 6) is 0. The quantitative estimate of drug-likeness (QED) is 0.779. The lowest BCUT2D eigenvalue weighted by molar-refractivity contribution is 0.0636. The van der Waals surface area contributed by atoms with Gasteiger partial charge in [0, 0.05) is 0 Å². The van der Waals surface area contributed by atoms with Crippen molar-refractivity contribution in [1.82, 2.24) is 9.55 Å². The summed E-state index contributed by atoms with van der Waals surface area (Å²) < 4.78 is 6.80. The minimum Gasteiger partial charge on any atom is -0.444 e. The van der Waals surface area contributed by atoms with E-state index in [0.29, 0.717) is 23.1 Å². The van der Waals surface area contributed by atoms with Crippen LogP contribution in [0.1, 0.15) is 26.3 Å². The van der Waals surface area contributed by atoms with Crippen molar-refractivity contribution >= 4 is 22.7 Å². The molecule has 0 fully saturated rings. The summed E-state index contributed by atoms with van der Waals surface area (Å²) in [7, 11) is 0. The Kier molecular flexibility index (Phi) is 4.75. The van der Waals surface area contributed by atoms with E-state index in [4.69, 9.17) is 4.74 Å². The van der Waals surface area contributed by atoms with Crippen molar-refractivity contribution < 1.29 is 9.53 Å². The third-order valence-electron chi connectivity index (χ3n) is 3.68. The second kappa shape index (κ2) is 7.00. The lowest BCUT2D eigenvalue weighted by atomic mass is 10.2. The molecule has 0 bridgehead atoms. The zero-order valence-electron chi connectivity index (χ0n) is 15.0. The second-order valence-electron chi connectivity index (χ2n) is 6.99. The summed E-state index contributed by atoms with van der Waals surface area (Å²) in [6.07, 6.45) is 0.914. The monoisotopic (exact) mass is 351 g/mol. The molecule has 1 N–H and O–H groups in total. The molecule has 0 saturated heterocycles. The molecule has 0 spiro atoms. The lowest BCUT2D eigenvalue weighted by Gasteiger charge is -2.20. The maximum Gasteiger partial charge on any atom is 0.412 e.